The molecule has 15 heavy (non-hydrogen) atoms. The molecular formula is C13H22O2. The average molecular weight is 210 g/mol. The van der Waals surface area contributed by atoms with E-state index in [0.29, 0.717) is 6.42 Å². The van der Waals surface area contributed by atoms with Crippen molar-refractivity contribution < 1.29 is 9.90 Å². The topological polar surface area (TPSA) is 37.3 Å². The van der Waals surface area contributed by atoms with E-state index in [9.17, 15) is 4.79 Å². The monoisotopic (exact) mass is 210 g/mol. The summed E-state index contributed by atoms with van der Waals surface area (Å²) in [7, 11) is 0. The van der Waals surface area contributed by atoms with Crippen molar-refractivity contribution in [2.75, 3.05) is 0 Å². The Labute approximate surface area is 92.4 Å². The third-order valence-corrected chi connectivity index (χ3v) is 3.62. The highest BCUT2D eigenvalue weighted by Crippen LogP contribution is 2.42. The highest BCUT2D eigenvalue weighted by molar-refractivity contribution is 5.70. The maximum Gasteiger partial charge on any atom is 0.306 e. The van der Waals surface area contributed by atoms with Gasteiger partial charge < -0.3 is 5.11 Å². The van der Waals surface area contributed by atoms with E-state index in [1.54, 1.807) is 6.92 Å². The summed E-state index contributed by atoms with van der Waals surface area (Å²) in [6, 6.07) is 0. The van der Waals surface area contributed by atoms with Crippen LogP contribution in [0.3, 0.4) is 0 Å². The number of hydrogen-bond donors (Lipinski definition) is 1. The fraction of sp³-hybridized carbons (Fsp3) is 0.769. The number of carboxylic acid groups (broad SMARTS) is 1. The van der Waals surface area contributed by atoms with Crippen molar-refractivity contribution in [1.82, 2.24) is 0 Å². The molecule has 0 bridgehead atoms. The first-order valence-electron chi connectivity index (χ1n) is 5.76. The molecular weight excluding hydrogens is 188 g/mol. The molecule has 1 N–H and O–H groups in total. The lowest BCUT2D eigenvalue weighted by Gasteiger charge is -2.35. The first-order valence-corrected chi connectivity index (χ1v) is 5.76. The summed E-state index contributed by atoms with van der Waals surface area (Å²) < 4.78 is 0. The number of carboxylic acids is 1. The molecule has 0 spiro atoms. The van der Waals surface area contributed by atoms with E-state index < -0.39 is 5.97 Å². The molecule has 0 saturated carbocycles. The Balaban J connectivity index is 2.85. The van der Waals surface area contributed by atoms with Crippen molar-refractivity contribution in [2.24, 2.45) is 11.3 Å². The standard InChI is InChI=1S/C13H22O2/c1-9-6-5-7-13(3,4)11(9)8-10(2)12(14)15/h10H,5-8H2,1-4H3,(H,14,15). The minimum absolute atomic E-state index is 0.200. The molecule has 1 atom stereocenters. The summed E-state index contributed by atoms with van der Waals surface area (Å²) in [6.45, 7) is 8.43. The van der Waals surface area contributed by atoms with Gasteiger partial charge in [-0.15, -0.1) is 0 Å². The van der Waals surface area contributed by atoms with Crippen molar-refractivity contribution in [3.05, 3.63) is 11.1 Å². The third kappa shape index (κ3) is 2.83. The molecule has 86 valence electrons. The minimum Gasteiger partial charge on any atom is -0.481 e. The van der Waals surface area contributed by atoms with Crippen LogP contribution >= 0.6 is 0 Å². The van der Waals surface area contributed by atoms with Crippen LogP contribution in [0.5, 0.6) is 0 Å². The smallest absolute Gasteiger partial charge is 0.306 e. The van der Waals surface area contributed by atoms with E-state index >= 15 is 0 Å². The molecule has 0 radical (unpaired) electrons. The van der Waals surface area contributed by atoms with Crippen LogP contribution in [0.1, 0.15) is 53.4 Å². The average Bonchev–Trinajstić information content (AvgIpc) is 2.10. The third-order valence-electron chi connectivity index (χ3n) is 3.62. The van der Waals surface area contributed by atoms with Gasteiger partial charge in [-0.1, -0.05) is 31.9 Å². The quantitative estimate of drug-likeness (QED) is 0.722. The Morgan fingerprint density at radius 3 is 2.60 bits per heavy atom. The van der Waals surface area contributed by atoms with Crippen molar-refractivity contribution in [1.29, 1.82) is 0 Å². The zero-order valence-corrected chi connectivity index (χ0v) is 10.3. The van der Waals surface area contributed by atoms with Crippen LogP contribution in [0.4, 0.5) is 0 Å². The zero-order chi connectivity index (χ0) is 11.6. The van der Waals surface area contributed by atoms with Gasteiger partial charge in [0.25, 0.3) is 0 Å². The van der Waals surface area contributed by atoms with Crippen LogP contribution in [0.25, 0.3) is 0 Å². The Hall–Kier alpha value is -0.790. The molecule has 2 nitrogen and oxygen atoms in total. The van der Waals surface area contributed by atoms with E-state index in [1.165, 1.54) is 24.0 Å². The Morgan fingerprint density at radius 2 is 2.13 bits per heavy atom. The van der Waals surface area contributed by atoms with Gasteiger partial charge in [0.1, 0.15) is 0 Å². The van der Waals surface area contributed by atoms with Gasteiger partial charge in [-0.2, -0.15) is 0 Å². The molecule has 0 aromatic rings. The molecule has 0 aliphatic heterocycles. The lowest BCUT2D eigenvalue weighted by Crippen LogP contribution is -2.23. The van der Waals surface area contributed by atoms with Crippen molar-refractivity contribution >= 4 is 5.97 Å². The van der Waals surface area contributed by atoms with Crippen LogP contribution in [0.2, 0.25) is 0 Å². The predicted molar refractivity (Wildman–Crippen MR) is 61.7 cm³/mol. The van der Waals surface area contributed by atoms with Gasteiger partial charge in [-0.3, -0.25) is 4.79 Å². The van der Waals surface area contributed by atoms with E-state index in [-0.39, 0.29) is 11.3 Å². The summed E-state index contributed by atoms with van der Waals surface area (Å²) in [6.07, 6.45) is 4.29. The number of aliphatic carboxylic acids is 1. The van der Waals surface area contributed by atoms with Crippen molar-refractivity contribution in [3.63, 3.8) is 0 Å². The summed E-state index contributed by atoms with van der Waals surface area (Å²) in [4.78, 5) is 10.9. The SMILES string of the molecule is CC1=C(CC(C)C(=O)O)C(C)(C)CCC1. The molecule has 0 amide bonds. The van der Waals surface area contributed by atoms with E-state index in [4.69, 9.17) is 5.11 Å². The highest BCUT2D eigenvalue weighted by Gasteiger charge is 2.30. The first-order chi connectivity index (χ1) is 6.84. The van der Waals surface area contributed by atoms with Crippen molar-refractivity contribution in [3.8, 4) is 0 Å². The molecule has 2 heteroatoms. The van der Waals surface area contributed by atoms with Crippen LogP contribution in [-0.4, -0.2) is 11.1 Å². The van der Waals surface area contributed by atoms with Gasteiger partial charge in [0.2, 0.25) is 0 Å². The van der Waals surface area contributed by atoms with Gasteiger partial charge in [0.15, 0.2) is 0 Å². The summed E-state index contributed by atoms with van der Waals surface area (Å²) >= 11 is 0. The molecule has 1 aliphatic rings. The predicted octanol–water partition coefficient (Wildman–Crippen LogP) is 3.62. The second-order valence-corrected chi connectivity index (χ2v) is 5.44. The van der Waals surface area contributed by atoms with Crippen LogP contribution in [-0.2, 0) is 4.79 Å². The van der Waals surface area contributed by atoms with E-state index in [2.05, 4.69) is 20.8 Å². The number of hydrogen-bond acceptors (Lipinski definition) is 1. The molecule has 0 aromatic carbocycles. The van der Waals surface area contributed by atoms with Crippen LogP contribution < -0.4 is 0 Å². The minimum atomic E-state index is -0.684. The number of carbonyl (C=O) groups is 1. The summed E-state index contributed by atoms with van der Waals surface area (Å²) in [5.41, 5.74) is 2.99. The lowest BCUT2D eigenvalue weighted by molar-refractivity contribution is -0.141. The van der Waals surface area contributed by atoms with Gasteiger partial charge in [0, 0.05) is 0 Å². The Bertz CT molecular complexity index is 287. The largest absolute Gasteiger partial charge is 0.481 e. The Morgan fingerprint density at radius 1 is 1.53 bits per heavy atom. The van der Waals surface area contributed by atoms with E-state index in [0.717, 1.165) is 6.42 Å². The summed E-state index contributed by atoms with van der Waals surface area (Å²) in [5.74, 6) is -0.941. The second-order valence-electron chi connectivity index (χ2n) is 5.44. The lowest BCUT2D eigenvalue weighted by atomic mass is 9.70. The zero-order valence-electron chi connectivity index (χ0n) is 10.3. The Kier molecular flexibility index (Phi) is 3.58. The van der Waals surface area contributed by atoms with Crippen LogP contribution in [0, 0.1) is 11.3 Å². The summed E-state index contributed by atoms with van der Waals surface area (Å²) in [5, 5.41) is 8.95. The first kappa shape index (κ1) is 12.3. The van der Waals surface area contributed by atoms with Crippen LogP contribution in [0.15, 0.2) is 11.1 Å². The second kappa shape index (κ2) is 4.38. The highest BCUT2D eigenvalue weighted by atomic mass is 16.4. The van der Waals surface area contributed by atoms with Gasteiger partial charge in [0.05, 0.1) is 5.92 Å². The van der Waals surface area contributed by atoms with E-state index in [1.807, 2.05) is 0 Å². The van der Waals surface area contributed by atoms with Gasteiger partial charge >= 0.3 is 5.97 Å². The molecule has 1 aliphatic carbocycles. The molecule has 0 saturated heterocycles. The fourth-order valence-electron chi connectivity index (χ4n) is 2.52. The molecule has 0 heterocycles. The fourth-order valence-corrected chi connectivity index (χ4v) is 2.52. The number of rotatable bonds is 3. The van der Waals surface area contributed by atoms with Crippen molar-refractivity contribution in [2.45, 2.75) is 53.4 Å². The molecule has 0 fully saturated rings. The normalized spacial score (nSPS) is 22.7. The van der Waals surface area contributed by atoms with Gasteiger partial charge in [-0.25, -0.2) is 0 Å². The molecule has 0 aromatic heterocycles. The molecule has 1 rings (SSSR count). The maximum atomic E-state index is 10.9. The molecule has 1 unspecified atom stereocenters. The number of allylic oxidation sites excluding steroid dienone is 2. The van der Waals surface area contributed by atoms with Gasteiger partial charge in [-0.05, 0) is 38.0 Å². The maximum absolute atomic E-state index is 10.9.